The van der Waals surface area contributed by atoms with E-state index in [1.165, 1.54) is 11.9 Å². The molecule has 1 unspecified atom stereocenters. The number of nitrogens with one attached hydrogen (secondary N) is 1. The van der Waals surface area contributed by atoms with E-state index in [2.05, 4.69) is 4.72 Å². The highest BCUT2D eigenvalue weighted by Crippen LogP contribution is 2.11. The van der Waals surface area contributed by atoms with E-state index in [9.17, 15) is 4.79 Å². The van der Waals surface area contributed by atoms with E-state index in [1.807, 2.05) is 0 Å². The second kappa shape index (κ2) is 1.71. The van der Waals surface area contributed by atoms with Crippen molar-refractivity contribution in [2.24, 2.45) is 5.73 Å². The highest BCUT2D eigenvalue weighted by Gasteiger charge is 2.17. The van der Waals surface area contributed by atoms with Crippen LogP contribution in [0.15, 0.2) is 0 Å². The fraction of sp³-hybridized carbons (Fsp3) is 0.667. The van der Waals surface area contributed by atoms with Crippen LogP contribution < -0.4 is 10.5 Å². The molecule has 4 heteroatoms. The van der Waals surface area contributed by atoms with Crippen molar-refractivity contribution in [2.75, 3.05) is 0 Å². The molecule has 1 atom stereocenters. The summed E-state index contributed by atoms with van der Waals surface area (Å²) in [4.78, 5) is 10.2. The first kappa shape index (κ1) is 4.93. The summed E-state index contributed by atoms with van der Waals surface area (Å²) < 4.78 is 2.52. The van der Waals surface area contributed by atoms with Crippen molar-refractivity contribution in [1.82, 2.24) is 4.72 Å². The van der Waals surface area contributed by atoms with Gasteiger partial charge in [-0.3, -0.25) is 9.52 Å². The number of nitrogens with two attached hydrogens (primary N) is 1. The third-order valence-electron chi connectivity index (χ3n) is 0.711. The van der Waals surface area contributed by atoms with Crippen molar-refractivity contribution in [3.8, 4) is 0 Å². The molecule has 0 aromatic carbocycles. The van der Waals surface area contributed by atoms with E-state index in [0.717, 1.165) is 0 Å². The highest BCUT2D eigenvalue weighted by atomic mass is 32.2. The molecule has 1 rings (SSSR count). The van der Waals surface area contributed by atoms with Crippen molar-refractivity contribution >= 4 is 17.9 Å². The minimum Gasteiger partial charge on any atom is -0.317 e. The zero-order chi connectivity index (χ0) is 5.28. The van der Waals surface area contributed by atoms with Gasteiger partial charge in [0.2, 0.25) is 5.91 Å². The predicted molar refractivity (Wildman–Crippen MR) is 28.3 cm³/mol. The van der Waals surface area contributed by atoms with E-state index in [4.69, 9.17) is 5.73 Å². The third-order valence-corrected chi connectivity index (χ3v) is 1.53. The average Bonchev–Trinajstić information content (AvgIpc) is 1.87. The molecule has 3 nitrogen and oxygen atoms in total. The summed E-state index contributed by atoms with van der Waals surface area (Å²) in [6.45, 7) is 0. The molecule has 1 amide bonds. The molecule has 1 aliphatic rings. The Morgan fingerprint density at radius 2 is 2.71 bits per heavy atom. The number of carbonyl (C=O) groups excluding carboxylic acids is 1. The number of rotatable bonds is 0. The lowest BCUT2D eigenvalue weighted by Gasteiger charge is -1.89. The number of carbonyl (C=O) groups is 1. The summed E-state index contributed by atoms with van der Waals surface area (Å²) >= 11 is 1.28. The van der Waals surface area contributed by atoms with E-state index < -0.39 is 0 Å². The largest absolute Gasteiger partial charge is 0.317 e. The van der Waals surface area contributed by atoms with Gasteiger partial charge in [-0.25, -0.2) is 0 Å². The molecule has 0 aromatic heterocycles. The molecule has 0 aliphatic carbocycles. The van der Waals surface area contributed by atoms with Gasteiger partial charge >= 0.3 is 0 Å². The topological polar surface area (TPSA) is 55.1 Å². The second-order valence-electron chi connectivity index (χ2n) is 1.39. The van der Waals surface area contributed by atoms with Crippen molar-refractivity contribution in [3.05, 3.63) is 0 Å². The lowest BCUT2D eigenvalue weighted by Crippen LogP contribution is -2.11. The molecule has 7 heavy (non-hydrogen) atoms. The minimum atomic E-state index is -0.0208. The van der Waals surface area contributed by atoms with Gasteiger partial charge in [-0.15, -0.1) is 0 Å². The minimum absolute atomic E-state index is 0.0208. The van der Waals surface area contributed by atoms with Crippen LogP contribution in [0.3, 0.4) is 0 Å². The maximum Gasteiger partial charge on any atom is 0.232 e. The molecule has 0 aromatic rings. The van der Waals surface area contributed by atoms with Gasteiger partial charge in [0.15, 0.2) is 0 Å². The van der Waals surface area contributed by atoms with Crippen molar-refractivity contribution in [3.63, 3.8) is 0 Å². The average molecular weight is 118 g/mol. The summed E-state index contributed by atoms with van der Waals surface area (Å²) in [7, 11) is 0. The smallest absolute Gasteiger partial charge is 0.232 e. The Balaban J connectivity index is 2.40. The van der Waals surface area contributed by atoms with Gasteiger partial charge < -0.3 is 5.73 Å². The molecule has 1 fully saturated rings. The van der Waals surface area contributed by atoms with Gasteiger partial charge in [0.1, 0.15) is 0 Å². The van der Waals surface area contributed by atoms with Crippen LogP contribution in [0.25, 0.3) is 0 Å². The van der Waals surface area contributed by atoms with E-state index in [1.54, 1.807) is 0 Å². The van der Waals surface area contributed by atoms with Crippen molar-refractivity contribution in [1.29, 1.82) is 0 Å². The van der Waals surface area contributed by atoms with Gasteiger partial charge in [0.25, 0.3) is 0 Å². The molecule has 3 N–H and O–H groups in total. The molecule has 0 bridgehead atoms. The van der Waals surface area contributed by atoms with E-state index in [-0.39, 0.29) is 11.3 Å². The first-order valence-corrected chi connectivity index (χ1v) is 2.87. The molecule has 0 radical (unpaired) electrons. The zero-order valence-corrected chi connectivity index (χ0v) is 4.49. The van der Waals surface area contributed by atoms with Gasteiger partial charge in [-0.2, -0.15) is 0 Å². The van der Waals surface area contributed by atoms with Crippen LogP contribution >= 0.6 is 11.9 Å². The van der Waals surface area contributed by atoms with Gasteiger partial charge in [0, 0.05) is 0 Å². The lowest BCUT2D eigenvalue weighted by atomic mass is 10.4. The maximum atomic E-state index is 10.2. The summed E-state index contributed by atoms with van der Waals surface area (Å²) in [5.74, 6) is 0.0394. The summed E-state index contributed by atoms with van der Waals surface area (Å²) in [6, 6.07) is 0. The maximum absolute atomic E-state index is 10.2. The van der Waals surface area contributed by atoms with E-state index >= 15 is 0 Å². The first-order chi connectivity index (χ1) is 3.29. The van der Waals surface area contributed by atoms with Gasteiger partial charge in [-0.1, -0.05) is 0 Å². The molecule has 1 heterocycles. The van der Waals surface area contributed by atoms with Crippen LogP contribution in [-0.2, 0) is 4.79 Å². The second-order valence-corrected chi connectivity index (χ2v) is 2.43. The van der Waals surface area contributed by atoms with Gasteiger partial charge in [-0.05, 0) is 11.9 Å². The number of hydrogen-bond acceptors (Lipinski definition) is 3. The van der Waals surface area contributed by atoms with E-state index in [0.29, 0.717) is 6.42 Å². The van der Waals surface area contributed by atoms with Gasteiger partial charge in [0.05, 0.1) is 11.8 Å². The summed E-state index contributed by atoms with van der Waals surface area (Å²) in [6.07, 6.45) is 0.463. The molecular formula is C3H6N2OS. The quantitative estimate of drug-likeness (QED) is 0.419. The Morgan fingerprint density at radius 3 is 2.86 bits per heavy atom. The Hall–Kier alpha value is -0.220. The molecule has 1 saturated heterocycles. The monoisotopic (exact) mass is 118 g/mol. The number of amides is 1. The number of hydrogen-bond donors (Lipinski definition) is 2. The fourth-order valence-electron chi connectivity index (χ4n) is 0.407. The Morgan fingerprint density at radius 1 is 2.00 bits per heavy atom. The lowest BCUT2D eigenvalue weighted by molar-refractivity contribution is -0.118. The Bertz CT molecular complexity index is 94.9. The van der Waals surface area contributed by atoms with Crippen LogP contribution in [0.5, 0.6) is 0 Å². The van der Waals surface area contributed by atoms with Crippen LogP contribution in [0.1, 0.15) is 6.42 Å². The SMILES string of the molecule is NC1CC(=O)NS1. The normalized spacial score (nSPS) is 30.4. The standard InChI is InChI=1S/C3H6N2OS/c4-2-1-3(6)5-7-2/h2H,1,4H2,(H,5,6). The molecule has 0 spiro atoms. The first-order valence-electron chi connectivity index (χ1n) is 1.99. The zero-order valence-electron chi connectivity index (χ0n) is 3.68. The third kappa shape index (κ3) is 1.07. The summed E-state index contributed by atoms with van der Waals surface area (Å²) in [5.41, 5.74) is 5.30. The van der Waals surface area contributed by atoms with Crippen molar-refractivity contribution in [2.45, 2.75) is 11.8 Å². The Labute approximate surface area is 45.8 Å². The summed E-state index contributed by atoms with van der Waals surface area (Å²) in [5, 5.41) is -0.0208. The van der Waals surface area contributed by atoms with Crippen LogP contribution in [0, 0.1) is 0 Å². The highest BCUT2D eigenvalue weighted by molar-refractivity contribution is 7.98. The molecular weight excluding hydrogens is 112 g/mol. The molecule has 40 valence electrons. The van der Waals surface area contributed by atoms with Crippen LogP contribution in [0.2, 0.25) is 0 Å². The fourth-order valence-corrected chi connectivity index (χ4v) is 1.01. The Kier molecular flexibility index (Phi) is 1.21. The van der Waals surface area contributed by atoms with Crippen LogP contribution in [-0.4, -0.2) is 11.3 Å². The molecule has 1 aliphatic heterocycles. The van der Waals surface area contributed by atoms with Crippen molar-refractivity contribution < 1.29 is 4.79 Å². The predicted octanol–water partition coefficient (Wildman–Crippen LogP) is -0.561. The van der Waals surface area contributed by atoms with Crippen LogP contribution in [0.4, 0.5) is 0 Å². The molecule has 0 saturated carbocycles.